The molecular weight excluding hydrogens is 817 g/mol. The Balaban J connectivity index is 1.61. The lowest BCUT2D eigenvalue weighted by atomic mass is 9.95. The average molecular weight is 872 g/mol. The molecule has 11 nitrogen and oxygen atoms in total. The fraction of sp³-hybridized carbons (Fsp3) is 0.435. The van der Waals surface area contributed by atoms with Crippen molar-refractivity contribution in [1.29, 1.82) is 0 Å². The zero-order valence-corrected chi connectivity index (χ0v) is 38.8. The van der Waals surface area contributed by atoms with Crippen LogP contribution in [0.5, 0.6) is 11.6 Å². The normalized spacial score (nSPS) is 14.1. The lowest BCUT2D eigenvalue weighted by Gasteiger charge is -2.38. The standard InChI is InChI=1S/C46H55F2N5O6SSi/c1-26(2)61(27(3)4,28(5)6)22-19-33-35(47)18-17-30-23-31(58-25-56-11)24-34(37(30)33)40-39(48)41-38-42(52-44(51-41)60(12)55)53(20-21-57-43(38)50-40)29(7)32-15-13-14-16-36(32)49-45(54)59-46(8,9)10/h13-18,23-24,26-29H,20-21,25H2,1-12H3,(H,49,54). The number of nitrogens with zero attached hydrogens (tertiary/aromatic N) is 4. The molecule has 2 atom stereocenters. The van der Waals surface area contributed by atoms with Gasteiger partial charge >= 0.3 is 6.09 Å². The van der Waals surface area contributed by atoms with Gasteiger partial charge in [-0.3, -0.25) is 9.53 Å². The summed E-state index contributed by atoms with van der Waals surface area (Å²) >= 11 is 0. The zero-order chi connectivity index (χ0) is 44.6. The number of hydrogen-bond donors (Lipinski definition) is 1. The van der Waals surface area contributed by atoms with Crippen molar-refractivity contribution in [2.45, 2.75) is 103 Å². The molecule has 2 aromatic heterocycles. The molecule has 1 aliphatic rings. The maximum Gasteiger partial charge on any atom is 0.412 e. The van der Waals surface area contributed by atoms with Gasteiger partial charge in [0.05, 0.1) is 28.9 Å². The monoisotopic (exact) mass is 871 g/mol. The predicted octanol–water partition coefficient (Wildman–Crippen LogP) is 10.7. The number of methoxy groups -OCH3 is 1. The van der Waals surface area contributed by atoms with Gasteiger partial charge in [-0.25, -0.2) is 28.5 Å². The molecule has 0 bridgehead atoms. The number of carbonyl (C=O) groups excluding carboxylic acids is 1. The second-order valence-electron chi connectivity index (χ2n) is 17.2. The Morgan fingerprint density at radius 2 is 1.67 bits per heavy atom. The Hall–Kier alpha value is -5.17. The molecule has 0 saturated carbocycles. The third-order valence-corrected chi connectivity index (χ3v) is 18.2. The molecule has 3 heterocycles. The molecule has 324 valence electrons. The van der Waals surface area contributed by atoms with E-state index in [9.17, 15) is 9.00 Å². The van der Waals surface area contributed by atoms with Crippen LogP contribution in [0.3, 0.4) is 0 Å². The number of aromatic nitrogens is 3. The topological polar surface area (TPSA) is 125 Å². The molecule has 0 saturated heterocycles. The molecule has 1 amide bonds. The Kier molecular flexibility index (Phi) is 13.4. The Morgan fingerprint density at radius 1 is 0.984 bits per heavy atom. The van der Waals surface area contributed by atoms with Crippen molar-refractivity contribution in [1.82, 2.24) is 15.0 Å². The van der Waals surface area contributed by atoms with Crippen LogP contribution in [0.1, 0.15) is 86.4 Å². The zero-order valence-electron chi connectivity index (χ0n) is 37.0. The van der Waals surface area contributed by atoms with Crippen LogP contribution in [0.2, 0.25) is 16.6 Å². The van der Waals surface area contributed by atoms with E-state index in [0.29, 0.717) is 27.8 Å². The van der Waals surface area contributed by atoms with E-state index in [2.05, 4.69) is 63.3 Å². The molecule has 0 spiro atoms. The maximum atomic E-state index is 17.7. The second kappa shape index (κ2) is 18.0. The summed E-state index contributed by atoms with van der Waals surface area (Å²) in [5, 5.41) is 3.81. The summed E-state index contributed by atoms with van der Waals surface area (Å²) < 4.78 is 70.2. The van der Waals surface area contributed by atoms with Crippen molar-refractivity contribution < 1.29 is 36.7 Å². The number of halogens is 2. The minimum absolute atomic E-state index is 0.0379. The number of rotatable bonds is 11. The number of carbonyl (C=O) groups is 1. The largest absolute Gasteiger partial charge is 0.475 e. The van der Waals surface area contributed by atoms with Crippen LogP contribution in [0.4, 0.5) is 25.1 Å². The van der Waals surface area contributed by atoms with E-state index in [1.54, 1.807) is 51.1 Å². The first-order valence-corrected chi connectivity index (χ1v) is 24.2. The number of amides is 1. The van der Waals surface area contributed by atoms with Crippen LogP contribution in [-0.4, -0.2) is 72.2 Å². The SMILES string of the molecule is COCOc1cc(-c2nc3c4c(nc(S(C)=O)nc4c2F)N(C(C)c2ccccc2NC(=O)OC(C)(C)C)CCO3)c2c(C#C[Si](C(C)C)(C(C)C)C(C)C)c(F)ccc2c1. The molecule has 61 heavy (non-hydrogen) atoms. The number of pyridine rings is 1. The summed E-state index contributed by atoms with van der Waals surface area (Å²) in [6.45, 7) is 20.6. The van der Waals surface area contributed by atoms with E-state index in [0.717, 1.165) is 0 Å². The van der Waals surface area contributed by atoms with Crippen molar-refractivity contribution in [3.8, 4) is 34.4 Å². The second-order valence-corrected chi connectivity index (χ2v) is 24.1. The number of nitrogens with one attached hydrogen (secondary N) is 1. The van der Waals surface area contributed by atoms with Crippen LogP contribution in [0, 0.1) is 23.1 Å². The minimum Gasteiger partial charge on any atom is -0.475 e. The molecule has 2 unspecified atom stereocenters. The van der Waals surface area contributed by atoms with Crippen molar-refractivity contribution in [3.05, 3.63) is 71.3 Å². The van der Waals surface area contributed by atoms with Crippen molar-refractivity contribution >= 4 is 58.1 Å². The van der Waals surface area contributed by atoms with E-state index in [4.69, 9.17) is 28.9 Å². The van der Waals surface area contributed by atoms with Crippen LogP contribution in [-0.2, 0) is 20.3 Å². The van der Waals surface area contributed by atoms with E-state index in [1.165, 1.54) is 19.4 Å². The van der Waals surface area contributed by atoms with Crippen molar-refractivity contribution in [2.75, 3.05) is 43.5 Å². The molecular formula is C46H55F2N5O6SSi. The van der Waals surface area contributed by atoms with Gasteiger partial charge in [0, 0.05) is 30.0 Å². The summed E-state index contributed by atoms with van der Waals surface area (Å²) in [5.41, 5.74) is 4.94. The van der Waals surface area contributed by atoms with Gasteiger partial charge in [0.2, 0.25) is 11.0 Å². The maximum absolute atomic E-state index is 17.7. The number of hydrogen-bond acceptors (Lipinski definition) is 10. The van der Waals surface area contributed by atoms with Gasteiger partial charge in [0.15, 0.2) is 12.6 Å². The minimum atomic E-state index is -2.35. The molecule has 1 N–H and O–H groups in total. The summed E-state index contributed by atoms with van der Waals surface area (Å²) in [7, 11) is -2.61. The number of ether oxygens (including phenoxy) is 4. The van der Waals surface area contributed by atoms with Gasteiger partial charge < -0.3 is 23.8 Å². The van der Waals surface area contributed by atoms with Crippen molar-refractivity contribution in [3.63, 3.8) is 0 Å². The van der Waals surface area contributed by atoms with E-state index in [-0.39, 0.29) is 81.1 Å². The fourth-order valence-electron chi connectivity index (χ4n) is 8.54. The lowest BCUT2D eigenvalue weighted by Crippen LogP contribution is -2.43. The molecule has 0 radical (unpaired) electrons. The highest BCUT2D eigenvalue weighted by Crippen LogP contribution is 2.45. The third-order valence-electron chi connectivity index (χ3n) is 11.2. The number of para-hydroxylation sites is 1. The van der Waals surface area contributed by atoms with Gasteiger partial charge in [0.1, 0.15) is 54.3 Å². The number of anilines is 2. The van der Waals surface area contributed by atoms with Crippen LogP contribution < -0.4 is 19.7 Å². The highest BCUT2D eigenvalue weighted by Gasteiger charge is 2.42. The van der Waals surface area contributed by atoms with Gasteiger partial charge in [-0.2, -0.15) is 0 Å². The first kappa shape index (κ1) is 45.4. The number of fused-ring (bicyclic) bond motifs is 1. The van der Waals surface area contributed by atoms with E-state index < -0.39 is 48.2 Å². The van der Waals surface area contributed by atoms with E-state index in [1.807, 2.05) is 24.0 Å². The summed E-state index contributed by atoms with van der Waals surface area (Å²) in [5.74, 6) is 2.50. The molecule has 1 aliphatic heterocycles. The van der Waals surface area contributed by atoms with Crippen LogP contribution in [0.15, 0.2) is 53.7 Å². The molecule has 15 heteroatoms. The fourth-order valence-corrected chi connectivity index (χ4v) is 14.2. The van der Waals surface area contributed by atoms with Crippen LogP contribution in [0.25, 0.3) is 32.9 Å². The number of benzene rings is 3. The first-order valence-electron chi connectivity index (χ1n) is 20.4. The third kappa shape index (κ3) is 9.08. The van der Waals surface area contributed by atoms with Gasteiger partial charge in [-0.15, -0.1) is 5.54 Å². The van der Waals surface area contributed by atoms with Gasteiger partial charge in [-0.1, -0.05) is 71.7 Å². The van der Waals surface area contributed by atoms with Gasteiger partial charge in [-0.05, 0) is 79.5 Å². The molecule has 5 aromatic rings. The first-order chi connectivity index (χ1) is 28.8. The summed E-state index contributed by atoms with van der Waals surface area (Å²) in [4.78, 5) is 28.9. The summed E-state index contributed by atoms with van der Waals surface area (Å²) in [6, 6.07) is 13.1. The Labute approximate surface area is 360 Å². The van der Waals surface area contributed by atoms with Gasteiger partial charge in [0.25, 0.3) is 0 Å². The smallest absolute Gasteiger partial charge is 0.412 e. The molecule has 6 rings (SSSR count). The highest BCUT2D eigenvalue weighted by atomic mass is 32.2. The molecule has 0 aliphatic carbocycles. The molecule has 3 aromatic carbocycles. The molecule has 0 fully saturated rings. The van der Waals surface area contributed by atoms with E-state index >= 15 is 8.78 Å². The predicted molar refractivity (Wildman–Crippen MR) is 241 cm³/mol. The van der Waals surface area contributed by atoms with Crippen molar-refractivity contribution in [2.24, 2.45) is 0 Å². The Morgan fingerprint density at radius 3 is 2.31 bits per heavy atom. The average Bonchev–Trinajstić information content (AvgIpc) is 3.37. The highest BCUT2D eigenvalue weighted by molar-refractivity contribution is 7.84. The van der Waals surface area contributed by atoms with Crippen LogP contribution >= 0.6 is 0 Å². The Bertz CT molecular complexity index is 2550. The summed E-state index contributed by atoms with van der Waals surface area (Å²) in [6.07, 6.45) is 0.797. The lowest BCUT2D eigenvalue weighted by molar-refractivity contribution is 0.0512. The quantitative estimate of drug-likeness (QED) is 0.0593.